The topological polar surface area (TPSA) is 29.5 Å². The van der Waals surface area contributed by atoms with Gasteiger partial charge >= 0.3 is 0 Å². The van der Waals surface area contributed by atoms with Crippen molar-refractivity contribution in [1.29, 1.82) is 0 Å². The molecular weight excluding hydrogens is 262 g/mol. The number of carbonyl (C=O) groups is 1. The molecule has 1 aliphatic rings. The Bertz CT molecular complexity index is 651. The first-order valence-electron chi connectivity index (χ1n) is 7.37. The van der Waals surface area contributed by atoms with Gasteiger partial charge in [-0.2, -0.15) is 0 Å². The number of fused-ring (bicyclic) bond motifs is 1. The number of rotatable bonds is 3. The summed E-state index contributed by atoms with van der Waals surface area (Å²) in [5, 5.41) is 0. The maximum Gasteiger partial charge on any atom is 0.164 e. The lowest BCUT2D eigenvalue weighted by Gasteiger charge is -2.24. The van der Waals surface area contributed by atoms with Crippen LogP contribution in [0.2, 0.25) is 0 Å². The molecule has 108 valence electrons. The Morgan fingerprint density at radius 3 is 2.76 bits per heavy atom. The zero-order valence-corrected chi connectivity index (χ0v) is 12.2. The van der Waals surface area contributed by atoms with E-state index in [9.17, 15) is 4.79 Å². The van der Waals surface area contributed by atoms with Crippen LogP contribution in [0, 0.1) is 0 Å². The maximum atomic E-state index is 12.2. The lowest BCUT2D eigenvalue weighted by molar-refractivity contribution is 0.0988. The summed E-state index contributed by atoms with van der Waals surface area (Å²) in [7, 11) is 0. The zero-order chi connectivity index (χ0) is 14.7. The summed E-state index contributed by atoms with van der Waals surface area (Å²) < 4.78 is 5.80. The number of ether oxygens (including phenoxy) is 1. The molecule has 3 rings (SSSR count). The van der Waals surface area contributed by atoms with Crippen LogP contribution in [0.1, 0.15) is 29.3 Å². The number of benzene rings is 2. The van der Waals surface area contributed by atoms with Gasteiger partial charge in [0.1, 0.15) is 12.4 Å². The molecule has 0 fully saturated rings. The van der Waals surface area contributed by atoms with Crippen molar-refractivity contribution in [2.45, 2.75) is 19.9 Å². The molecule has 0 atom stereocenters. The summed E-state index contributed by atoms with van der Waals surface area (Å²) in [6.45, 7) is 4.08. The minimum absolute atomic E-state index is 0.184. The summed E-state index contributed by atoms with van der Waals surface area (Å²) in [6.07, 6.45) is 0.526. The molecule has 0 N–H and O–H groups in total. The predicted octanol–water partition coefficient (Wildman–Crippen LogP) is 3.68. The van der Waals surface area contributed by atoms with Crippen molar-refractivity contribution in [1.82, 2.24) is 0 Å². The van der Waals surface area contributed by atoms with Crippen molar-refractivity contribution in [3.05, 3.63) is 59.7 Å². The summed E-state index contributed by atoms with van der Waals surface area (Å²) in [5.41, 5.74) is 2.97. The molecule has 1 heterocycles. The van der Waals surface area contributed by atoms with E-state index in [-0.39, 0.29) is 5.78 Å². The lowest BCUT2D eigenvalue weighted by Crippen LogP contribution is -2.26. The lowest BCUT2D eigenvalue weighted by atomic mass is 10.0. The van der Waals surface area contributed by atoms with Crippen molar-refractivity contribution in [3.63, 3.8) is 0 Å². The van der Waals surface area contributed by atoms with Crippen molar-refractivity contribution in [3.8, 4) is 5.75 Å². The maximum absolute atomic E-state index is 12.2. The van der Waals surface area contributed by atoms with Gasteiger partial charge in [0.15, 0.2) is 5.78 Å². The highest BCUT2D eigenvalue weighted by Gasteiger charge is 2.19. The van der Waals surface area contributed by atoms with Crippen LogP contribution in [0.25, 0.3) is 0 Å². The SMILES string of the molecule is CCC(=O)c1ccccc1N1CCOc2ccccc2C1. The highest BCUT2D eigenvalue weighted by Crippen LogP contribution is 2.28. The van der Waals surface area contributed by atoms with E-state index >= 15 is 0 Å². The van der Waals surface area contributed by atoms with Crippen LogP contribution < -0.4 is 9.64 Å². The standard InChI is InChI=1S/C18H19NO2/c1-2-17(20)15-8-4-5-9-16(15)19-11-12-21-18-10-6-3-7-14(18)13-19/h3-10H,2,11-13H2,1H3. The van der Waals surface area contributed by atoms with Gasteiger partial charge in [-0.1, -0.05) is 37.3 Å². The van der Waals surface area contributed by atoms with E-state index < -0.39 is 0 Å². The number of ketones is 1. The Kier molecular flexibility index (Phi) is 3.91. The predicted molar refractivity (Wildman–Crippen MR) is 84.1 cm³/mol. The van der Waals surface area contributed by atoms with Gasteiger partial charge in [-0.05, 0) is 18.2 Å². The number of Topliss-reactive ketones (excluding diaryl/α,β-unsaturated/α-hetero) is 1. The quantitative estimate of drug-likeness (QED) is 0.804. The van der Waals surface area contributed by atoms with Crippen LogP contribution in [0.3, 0.4) is 0 Å². The summed E-state index contributed by atoms with van der Waals surface area (Å²) in [6, 6.07) is 15.9. The fraction of sp³-hybridized carbons (Fsp3) is 0.278. The average Bonchev–Trinajstić information content (AvgIpc) is 2.76. The molecule has 0 aromatic heterocycles. The molecule has 1 aliphatic heterocycles. The Hall–Kier alpha value is -2.29. The highest BCUT2D eigenvalue weighted by molar-refractivity contribution is 6.01. The number of carbonyl (C=O) groups excluding carboxylic acids is 1. The van der Waals surface area contributed by atoms with Gasteiger partial charge in [0, 0.05) is 29.8 Å². The number of nitrogens with zero attached hydrogens (tertiary/aromatic N) is 1. The van der Waals surface area contributed by atoms with E-state index in [2.05, 4.69) is 11.0 Å². The van der Waals surface area contributed by atoms with E-state index in [0.29, 0.717) is 13.0 Å². The molecule has 2 aromatic rings. The van der Waals surface area contributed by atoms with Crippen LogP contribution in [-0.2, 0) is 6.54 Å². The van der Waals surface area contributed by atoms with Gasteiger partial charge in [-0.3, -0.25) is 4.79 Å². The average molecular weight is 281 g/mol. The molecule has 3 nitrogen and oxygen atoms in total. The second-order valence-electron chi connectivity index (χ2n) is 5.17. The van der Waals surface area contributed by atoms with Crippen molar-refractivity contribution >= 4 is 11.5 Å². The smallest absolute Gasteiger partial charge is 0.164 e. The van der Waals surface area contributed by atoms with Crippen molar-refractivity contribution < 1.29 is 9.53 Å². The van der Waals surface area contributed by atoms with E-state index in [1.165, 1.54) is 0 Å². The molecular formula is C18H19NO2. The molecule has 0 radical (unpaired) electrons. The van der Waals surface area contributed by atoms with E-state index in [1.807, 2.05) is 49.4 Å². The van der Waals surface area contributed by atoms with Gasteiger partial charge in [-0.15, -0.1) is 0 Å². The third-order valence-electron chi connectivity index (χ3n) is 3.82. The monoisotopic (exact) mass is 281 g/mol. The number of hydrogen-bond donors (Lipinski definition) is 0. The third-order valence-corrected chi connectivity index (χ3v) is 3.82. The summed E-state index contributed by atoms with van der Waals surface area (Å²) in [5.74, 6) is 1.13. The van der Waals surface area contributed by atoms with E-state index in [4.69, 9.17) is 4.74 Å². The molecule has 2 aromatic carbocycles. The van der Waals surface area contributed by atoms with Gasteiger partial charge in [0.25, 0.3) is 0 Å². The second-order valence-corrected chi connectivity index (χ2v) is 5.17. The Morgan fingerprint density at radius 1 is 1.14 bits per heavy atom. The fourth-order valence-electron chi connectivity index (χ4n) is 2.71. The highest BCUT2D eigenvalue weighted by atomic mass is 16.5. The van der Waals surface area contributed by atoms with E-state index in [1.54, 1.807) is 0 Å². The third kappa shape index (κ3) is 2.77. The Labute approximate surface area is 125 Å². The van der Waals surface area contributed by atoms with Gasteiger partial charge in [0.05, 0.1) is 6.54 Å². The fourth-order valence-corrected chi connectivity index (χ4v) is 2.71. The second kappa shape index (κ2) is 6.00. The minimum atomic E-state index is 0.184. The van der Waals surface area contributed by atoms with Crippen LogP contribution in [-0.4, -0.2) is 18.9 Å². The van der Waals surface area contributed by atoms with Crippen LogP contribution in [0.5, 0.6) is 5.75 Å². The van der Waals surface area contributed by atoms with Gasteiger partial charge in [0.2, 0.25) is 0 Å². The molecule has 3 heteroatoms. The zero-order valence-electron chi connectivity index (χ0n) is 12.2. The Balaban J connectivity index is 1.96. The van der Waals surface area contributed by atoms with Crippen LogP contribution >= 0.6 is 0 Å². The first kappa shape index (κ1) is 13.7. The summed E-state index contributed by atoms with van der Waals surface area (Å²) in [4.78, 5) is 14.4. The molecule has 0 saturated heterocycles. The van der Waals surface area contributed by atoms with Crippen molar-refractivity contribution in [2.75, 3.05) is 18.1 Å². The Morgan fingerprint density at radius 2 is 1.90 bits per heavy atom. The number of hydrogen-bond acceptors (Lipinski definition) is 3. The molecule has 0 bridgehead atoms. The molecule has 21 heavy (non-hydrogen) atoms. The number of para-hydroxylation sites is 2. The van der Waals surface area contributed by atoms with Crippen LogP contribution in [0.15, 0.2) is 48.5 Å². The minimum Gasteiger partial charge on any atom is -0.491 e. The largest absolute Gasteiger partial charge is 0.491 e. The van der Waals surface area contributed by atoms with Gasteiger partial charge < -0.3 is 9.64 Å². The van der Waals surface area contributed by atoms with Crippen molar-refractivity contribution in [2.24, 2.45) is 0 Å². The van der Waals surface area contributed by atoms with Crippen LogP contribution in [0.4, 0.5) is 5.69 Å². The molecule has 0 saturated carbocycles. The molecule has 0 amide bonds. The first-order chi connectivity index (χ1) is 10.3. The normalized spacial score (nSPS) is 14.0. The van der Waals surface area contributed by atoms with E-state index in [0.717, 1.165) is 35.7 Å². The molecule has 0 spiro atoms. The first-order valence-corrected chi connectivity index (χ1v) is 7.37. The number of anilines is 1. The summed E-state index contributed by atoms with van der Waals surface area (Å²) >= 11 is 0. The van der Waals surface area contributed by atoms with Gasteiger partial charge in [-0.25, -0.2) is 0 Å². The molecule has 0 aliphatic carbocycles. The molecule has 0 unspecified atom stereocenters.